The first kappa shape index (κ1) is 23.8. The van der Waals surface area contributed by atoms with Gasteiger partial charge in [0.25, 0.3) is 0 Å². The Morgan fingerprint density at radius 2 is 1.86 bits per heavy atom. The second kappa shape index (κ2) is 10.8. The van der Waals surface area contributed by atoms with Crippen molar-refractivity contribution in [3.05, 3.63) is 54.6 Å². The van der Waals surface area contributed by atoms with Gasteiger partial charge >= 0.3 is 0 Å². The molecule has 0 aromatic carbocycles. The molecule has 1 fully saturated rings. The van der Waals surface area contributed by atoms with Crippen molar-refractivity contribution in [3.8, 4) is 17.0 Å². The molecule has 1 aliphatic heterocycles. The standard InChI is InChI=1S/C26H30N8O2/c1-17(2)18-9-23(33-30-13-18)22-12-24-25(32-26(22)27)11-20(15-29-24)31-19-10-21(16-28-14-19)36-8-5-34-3-6-35-7-4-34/h9-17,31H,3-8H2,1-2H3,(H2,27,32). The summed E-state index contributed by atoms with van der Waals surface area (Å²) in [5, 5.41) is 11.7. The lowest BCUT2D eigenvalue weighted by Crippen LogP contribution is -2.38. The highest BCUT2D eigenvalue weighted by molar-refractivity contribution is 5.87. The third kappa shape index (κ3) is 5.67. The molecule has 5 rings (SSSR count). The summed E-state index contributed by atoms with van der Waals surface area (Å²) >= 11 is 0. The molecule has 0 atom stereocenters. The summed E-state index contributed by atoms with van der Waals surface area (Å²) in [5.74, 6) is 1.43. The lowest BCUT2D eigenvalue weighted by Gasteiger charge is -2.26. The zero-order valence-electron chi connectivity index (χ0n) is 20.5. The molecule has 5 heterocycles. The summed E-state index contributed by atoms with van der Waals surface area (Å²) in [6.45, 7) is 9.12. The number of fused-ring (bicyclic) bond motifs is 1. The predicted molar refractivity (Wildman–Crippen MR) is 139 cm³/mol. The van der Waals surface area contributed by atoms with Crippen LogP contribution < -0.4 is 15.8 Å². The molecule has 0 unspecified atom stereocenters. The van der Waals surface area contributed by atoms with Crippen LogP contribution in [0.5, 0.6) is 5.75 Å². The van der Waals surface area contributed by atoms with E-state index >= 15 is 0 Å². The normalized spacial score (nSPS) is 14.3. The van der Waals surface area contributed by atoms with Gasteiger partial charge in [-0.25, -0.2) is 4.98 Å². The third-order valence-corrected chi connectivity index (χ3v) is 6.10. The average molecular weight is 487 g/mol. The highest BCUT2D eigenvalue weighted by Gasteiger charge is 2.13. The van der Waals surface area contributed by atoms with Crippen LogP contribution in [0, 0.1) is 0 Å². The zero-order valence-corrected chi connectivity index (χ0v) is 20.5. The molecule has 10 heteroatoms. The largest absolute Gasteiger partial charge is 0.491 e. The number of rotatable bonds is 8. The Labute approximate surface area is 209 Å². The van der Waals surface area contributed by atoms with Crippen LogP contribution in [0.25, 0.3) is 22.3 Å². The highest BCUT2D eigenvalue weighted by Crippen LogP contribution is 2.29. The van der Waals surface area contributed by atoms with E-state index in [1.54, 1.807) is 24.8 Å². The summed E-state index contributed by atoms with van der Waals surface area (Å²) in [6.07, 6.45) is 6.98. The topological polar surface area (TPSA) is 124 Å². The molecule has 186 valence electrons. The maximum absolute atomic E-state index is 6.30. The first-order chi connectivity index (χ1) is 17.5. The maximum Gasteiger partial charge on any atom is 0.139 e. The molecule has 1 saturated heterocycles. The van der Waals surface area contributed by atoms with Gasteiger partial charge in [-0.15, -0.1) is 0 Å². The Morgan fingerprint density at radius 1 is 1.03 bits per heavy atom. The van der Waals surface area contributed by atoms with Gasteiger partial charge in [0.05, 0.1) is 66.1 Å². The van der Waals surface area contributed by atoms with Crippen LogP contribution in [0.2, 0.25) is 0 Å². The summed E-state index contributed by atoms with van der Waals surface area (Å²) in [4.78, 5) is 15.8. The SMILES string of the molecule is CC(C)c1cnnc(-c2cc3ncc(Nc4cncc(OCCN5CCOCC5)c4)cc3nc2N)c1. The van der Waals surface area contributed by atoms with Crippen LogP contribution >= 0.6 is 0 Å². The Bertz CT molecular complexity index is 1340. The molecule has 36 heavy (non-hydrogen) atoms. The van der Waals surface area contributed by atoms with Crippen molar-refractivity contribution in [3.63, 3.8) is 0 Å². The van der Waals surface area contributed by atoms with E-state index in [1.807, 2.05) is 24.3 Å². The number of hydrogen-bond donors (Lipinski definition) is 2. The molecule has 0 saturated carbocycles. The molecular weight excluding hydrogens is 456 g/mol. The van der Waals surface area contributed by atoms with E-state index in [-0.39, 0.29) is 0 Å². The number of pyridine rings is 3. The quantitative estimate of drug-likeness (QED) is 0.381. The van der Waals surface area contributed by atoms with Gasteiger partial charge in [0.15, 0.2) is 0 Å². The number of aromatic nitrogens is 5. The van der Waals surface area contributed by atoms with Gasteiger partial charge in [-0.2, -0.15) is 10.2 Å². The molecular formula is C26H30N8O2. The third-order valence-electron chi connectivity index (χ3n) is 6.10. The molecule has 1 aliphatic rings. The zero-order chi connectivity index (χ0) is 24.9. The van der Waals surface area contributed by atoms with Crippen molar-refractivity contribution >= 4 is 28.2 Å². The molecule has 0 bridgehead atoms. The van der Waals surface area contributed by atoms with Crippen LogP contribution in [0.3, 0.4) is 0 Å². The molecule has 0 radical (unpaired) electrons. The van der Waals surface area contributed by atoms with Crippen molar-refractivity contribution in [1.29, 1.82) is 0 Å². The van der Waals surface area contributed by atoms with E-state index in [1.165, 1.54) is 0 Å². The van der Waals surface area contributed by atoms with Crippen LogP contribution in [-0.2, 0) is 4.74 Å². The maximum atomic E-state index is 6.30. The van der Waals surface area contributed by atoms with Gasteiger partial charge < -0.3 is 20.5 Å². The summed E-state index contributed by atoms with van der Waals surface area (Å²) < 4.78 is 11.3. The lowest BCUT2D eigenvalue weighted by molar-refractivity contribution is 0.0322. The van der Waals surface area contributed by atoms with Crippen LogP contribution in [0.4, 0.5) is 17.2 Å². The molecule has 0 spiro atoms. The summed E-state index contributed by atoms with van der Waals surface area (Å²) in [6, 6.07) is 7.72. The number of nitrogens with one attached hydrogen (secondary N) is 1. The molecule has 10 nitrogen and oxygen atoms in total. The number of nitrogen functional groups attached to an aromatic ring is 1. The Balaban J connectivity index is 1.29. The van der Waals surface area contributed by atoms with E-state index in [0.717, 1.165) is 60.9 Å². The van der Waals surface area contributed by atoms with Gasteiger partial charge in [-0.3, -0.25) is 14.9 Å². The Hall–Kier alpha value is -3.89. The molecule has 4 aromatic heterocycles. The fraction of sp³-hybridized carbons (Fsp3) is 0.346. The fourth-order valence-electron chi connectivity index (χ4n) is 4.02. The average Bonchev–Trinajstić information content (AvgIpc) is 2.89. The summed E-state index contributed by atoms with van der Waals surface area (Å²) in [5.41, 5.74) is 11.8. The van der Waals surface area contributed by atoms with Crippen LogP contribution in [0.1, 0.15) is 25.3 Å². The van der Waals surface area contributed by atoms with Gasteiger partial charge in [0.2, 0.25) is 0 Å². The number of hydrogen-bond acceptors (Lipinski definition) is 10. The van der Waals surface area contributed by atoms with Gasteiger partial charge in [-0.05, 0) is 29.7 Å². The minimum Gasteiger partial charge on any atom is -0.491 e. The number of ether oxygens (including phenoxy) is 2. The van der Waals surface area contributed by atoms with Crippen molar-refractivity contribution in [1.82, 2.24) is 30.0 Å². The van der Waals surface area contributed by atoms with E-state index in [2.05, 4.69) is 49.2 Å². The van der Waals surface area contributed by atoms with Crippen molar-refractivity contribution in [2.24, 2.45) is 0 Å². The van der Waals surface area contributed by atoms with E-state index < -0.39 is 0 Å². The second-order valence-corrected chi connectivity index (χ2v) is 9.05. The van der Waals surface area contributed by atoms with E-state index in [9.17, 15) is 0 Å². The predicted octanol–water partition coefficient (Wildman–Crippen LogP) is 3.64. The fourth-order valence-corrected chi connectivity index (χ4v) is 4.02. The molecule has 0 aliphatic carbocycles. The monoisotopic (exact) mass is 486 g/mol. The number of nitrogens with two attached hydrogens (primary N) is 1. The van der Waals surface area contributed by atoms with Gasteiger partial charge in [-0.1, -0.05) is 13.8 Å². The lowest BCUT2D eigenvalue weighted by atomic mass is 10.0. The first-order valence-electron chi connectivity index (χ1n) is 12.1. The number of anilines is 3. The second-order valence-electron chi connectivity index (χ2n) is 9.05. The minimum atomic E-state index is 0.337. The number of nitrogens with zero attached hydrogens (tertiary/aromatic N) is 6. The Kier molecular flexibility index (Phi) is 7.15. The number of morpholine rings is 1. The molecule has 0 amide bonds. The minimum absolute atomic E-state index is 0.337. The van der Waals surface area contributed by atoms with Gasteiger partial charge in [0, 0.05) is 31.3 Å². The Morgan fingerprint density at radius 3 is 2.69 bits per heavy atom. The van der Waals surface area contributed by atoms with Crippen molar-refractivity contribution in [2.45, 2.75) is 19.8 Å². The van der Waals surface area contributed by atoms with E-state index in [4.69, 9.17) is 15.2 Å². The van der Waals surface area contributed by atoms with Crippen molar-refractivity contribution in [2.75, 3.05) is 50.5 Å². The van der Waals surface area contributed by atoms with Crippen LogP contribution in [-0.4, -0.2) is 69.5 Å². The molecule has 3 N–H and O–H groups in total. The summed E-state index contributed by atoms with van der Waals surface area (Å²) in [7, 11) is 0. The molecule has 4 aromatic rings. The van der Waals surface area contributed by atoms with Gasteiger partial charge in [0.1, 0.15) is 18.2 Å². The highest BCUT2D eigenvalue weighted by atomic mass is 16.5. The van der Waals surface area contributed by atoms with E-state index in [0.29, 0.717) is 35.3 Å². The van der Waals surface area contributed by atoms with Crippen molar-refractivity contribution < 1.29 is 9.47 Å². The van der Waals surface area contributed by atoms with Crippen LogP contribution in [0.15, 0.2) is 49.1 Å². The smallest absolute Gasteiger partial charge is 0.139 e. The first-order valence-corrected chi connectivity index (χ1v) is 12.1.